The van der Waals surface area contributed by atoms with Crippen molar-refractivity contribution < 1.29 is 28.2 Å². The minimum absolute atomic E-state index is 0.0875. The number of fused-ring (bicyclic) bond motifs is 1. The molecule has 0 saturated carbocycles. The molecule has 0 bridgehead atoms. The smallest absolute Gasteiger partial charge is 0.338 e. The Kier molecular flexibility index (Phi) is 7.62. The highest BCUT2D eigenvalue weighted by molar-refractivity contribution is 6.02. The van der Waals surface area contributed by atoms with E-state index in [0.717, 1.165) is 5.56 Å². The molecule has 4 rings (SSSR count). The predicted octanol–water partition coefficient (Wildman–Crippen LogP) is 3.87. The molecule has 0 unspecified atom stereocenters. The van der Waals surface area contributed by atoms with E-state index < -0.39 is 11.8 Å². The van der Waals surface area contributed by atoms with Crippen LogP contribution in [0.5, 0.6) is 11.8 Å². The van der Waals surface area contributed by atoms with E-state index in [9.17, 15) is 14.0 Å². The van der Waals surface area contributed by atoms with Crippen LogP contribution in [0.3, 0.4) is 0 Å². The normalized spacial score (nSPS) is 12.3. The van der Waals surface area contributed by atoms with Gasteiger partial charge in [-0.05, 0) is 38.1 Å². The summed E-state index contributed by atoms with van der Waals surface area (Å²) in [6.07, 6.45) is 0.0875. The Hall–Kier alpha value is -4.21. The lowest BCUT2D eigenvalue weighted by molar-refractivity contribution is -0.117. The van der Waals surface area contributed by atoms with E-state index in [0.29, 0.717) is 48.1 Å². The zero-order valence-corrected chi connectivity index (χ0v) is 20.3. The first-order chi connectivity index (χ1) is 17.4. The van der Waals surface area contributed by atoms with Crippen LogP contribution in [-0.4, -0.2) is 55.3 Å². The third-order valence-electron chi connectivity index (χ3n) is 5.62. The number of hydrogen-bond acceptors (Lipinski definition) is 8. The number of rotatable bonds is 10. The zero-order valence-electron chi connectivity index (χ0n) is 20.3. The molecular formula is C26H27FN4O5. The van der Waals surface area contributed by atoms with Crippen molar-refractivity contribution >= 4 is 23.4 Å². The summed E-state index contributed by atoms with van der Waals surface area (Å²) in [6, 6.07) is 11.6. The van der Waals surface area contributed by atoms with Crippen molar-refractivity contribution in [2.45, 2.75) is 20.3 Å². The maximum atomic E-state index is 14.5. The first kappa shape index (κ1) is 24.9. The Bertz CT molecular complexity index is 1270. The Labute approximate surface area is 208 Å². The monoisotopic (exact) mass is 494 g/mol. The Morgan fingerprint density at radius 3 is 2.58 bits per heavy atom. The van der Waals surface area contributed by atoms with E-state index in [4.69, 9.17) is 14.2 Å². The summed E-state index contributed by atoms with van der Waals surface area (Å²) in [5.74, 6) is -0.0841. The molecule has 36 heavy (non-hydrogen) atoms. The molecule has 0 aliphatic carbocycles. The lowest BCUT2D eigenvalue weighted by Gasteiger charge is -2.19. The topological polar surface area (TPSA) is 103 Å². The van der Waals surface area contributed by atoms with Gasteiger partial charge in [0.1, 0.15) is 17.4 Å². The van der Waals surface area contributed by atoms with Crippen LogP contribution >= 0.6 is 0 Å². The average Bonchev–Trinajstić information content (AvgIpc) is 3.21. The van der Waals surface area contributed by atoms with Gasteiger partial charge in [-0.15, -0.1) is 0 Å². The van der Waals surface area contributed by atoms with Crippen molar-refractivity contribution in [3.63, 3.8) is 0 Å². The van der Waals surface area contributed by atoms with Crippen molar-refractivity contribution in [2.24, 2.45) is 0 Å². The lowest BCUT2D eigenvalue weighted by atomic mass is 10.1. The maximum absolute atomic E-state index is 14.5. The fourth-order valence-electron chi connectivity index (χ4n) is 4.00. The second-order valence-electron chi connectivity index (χ2n) is 7.88. The van der Waals surface area contributed by atoms with Gasteiger partial charge < -0.3 is 24.4 Å². The van der Waals surface area contributed by atoms with Crippen LogP contribution in [0.1, 0.15) is 29.8 Å². The molecule has 1 amide bonds. The summed E-state index contributed by atoms with van der Waals surface area (Å²) in [6.45, 7) is 4.80. The molecule has 188 valence electrons. The lowest BCUT2D eigenvalue weighted by Crippen LogP contribution is -2.32. The molecule has 2 aromatic carbocycles. The van der Waals surface area contributed by atoms with E-state index >= 15 is 0 Å². The molecule has 0 atom stereocenters. The first-order valence-electron chi connectivity index (χ1n) is 11.6. The highest BCUT2D eigenvalue weighted by atomic mass is 19.1. The van der Waals surface area contributed by atoms with Crippen molar-refractivity contribution in [1.29, 1.82) is 0 Å². The predicted molar refractivity (Wildman–Crippen MR) is 132 cm³/mol. The van der Waals surface area contributed by atoms with Gasteiger partial charge in [-0.25, -0.2) is 9.18 Å². The molecule has 1 aliphatic heterocycles. The number of amides is 1. The van der Waals surface area contributed by atoms with Crippen molar-refractivity contribution in [1.82, 2.24) is 9.97 Å². The number of carbonyl (C=O) groups is 2. The molecule has 1 aliphatic rings. The summed E-state index contributed by atoms with van der Waals surface area (Å²) < 4.78 is 30.4. The number of anilines is 2. The van der Waals surface area contributed by atoms with Gasteiger partial charge in [-0.1, -0.05) is 12.1 Å². The molecule has 1 aromatic heterocycles. The van der Waals surface area contributed by atoms with Gasteiger partial charge in [-0.3, -0.25) is 4.79 Å². The fraction of sp³-hybridized carbons (Fsp3) is 0.308. The average molecular weight is 495 g/mol. The van der Waals surface area contributed by atoms with Gasteiger partial charge in [0.2, 0.25) is 5.91 Å². The molecular weight excluding hydrogens is 467 g/mol. The van der Waals surface area contributed by atoms with Crippen LogP contribution in [0.2, 0.25) is 0 Å². The molecule has 9 nitrogen and oxygen atoms in total. The summed E-state index contributed by atoms with van der Waals surface area (Å²) in [5.41, 5.74) is 2.59. The molecule has 0 spiro atoms. The van der Waals surface area contributed by atoms with Crippen molar-refractivity contribution in [2.75, 3.05) is 43.6 Å². The number of methoxy groups -OCH3 is 1. The molecule has 10 heteroatoms. The minimum Gasteiger partial charge on any atom is -0.496 e. The number of hydrogen-bond donors (Lipinski definition) is 1. The van der Waals surface area contributed by atoms with Crippen molar-refractivity contribution in [3.05, 3.63) is 59.4 Å². The summed E-state index contributed by atoms with van der Waals surface area (Å²) in [4.78, 5) is 34.8. The molecule has 1 N–H and O–H groups in total. The van der Waals surface area contributed by atoms with E-state index in [-0.39, 0.29) is 30.6 Å². The van der Waals surface area contributed by atoms with Crippen molar-refractivity contribution in [3.8, 4) is 23.0 Å². The number of ether oxygens (including phenoxy) is 3. The van der Waals surface area contributed by atoms with Crippen LogP contribution in [0.25, 0.3) is 11.3 Å². The first-order valence-corrected chi connectivity index (χ1v) is 11.6. The third-order valence-corrected chi connectivity index (χ3v) is 5.62. The van der Waals surface area contributed by atoms with Crippen LogP contribution in [0, 0.1) is 5.82 Å². The van der Waals surface area contributed by atoms with Crippen LogP contribution < -0.4 is 19.7 Å². The molecule has 2 heterocycles. The number of carbonyl (C=O) groups excluding carboxylic acids is 2. The van der Waals surface area contributed by atoms with E-state index in [1.54, 1.807) is 37.3 Å². The highest BCUT2D eigenvalue weighted by Gasteiger charge is 2.32. The summed E-state index contributed by atoms with van der Waals surface area (Å²) >= 11 is 0. The minimum atomic E-state index is -0.467. The van der Waals surface area contributed by atoms with Gasteiger partial charge in [-0.2, -0.15) is 9.97 Å². The Morgan fingerprint density at radius 1 is 1.11 bits per heavy atom. The van der Waals surface area contributed by atoms with Gasteiger partial charge in [0.25, 0.3) is 0 Å². The number of nitrogens with zero attached hydrogens (tertiary/aromatic N) is 3. The number of nitrogens with one attached hydrogen (secondary N) is 1. The molecule has 3 aromatic rings. The van der Waals surface area contributed by atoms with Gasteiger partial charge >= 0.3 is 12.0 Å². The summed E-state index contributed by atoms with van der Waals surface area (Å²) in [7, 11) is 1.50. The quantitative estimate of drug-likeness (QED) is 0.424. The summed E-state index contributed by atoms with van der Waals surface area (Å²) in [5, 5.41) is 3.17. The molecule has 0 saturated heterocycles. The Morgan fingerprint density at radius 2 is 1.89 bits per heavy atom. The van der Waals surface area contributed by atoms with Crippen LogP contribution in [0.15, 0.2) is 42.5 Å². The number of aromatic nitrogens is 2. The van der Waals surface area contributed by atoms with E-state index in [1.807, 2.05) is 6.92 Å². The largest absolute Gasteiger partial charge is 0.496 e. The third kappa shape index (κ3) is 5.22. The second kappa shape index (κ2) is 11.0. The maximum Gasteiger partial charge on any atom is 0.338 e. The van der Waals surface area contributed by atoms with Crippen LogP contribution in [-0.2, 0) is 16.0 Å². The molecule has 0 fully saturated rings. The standard InChI is InChI=1S/C26H27FN4O5/c1-4-35-25(33)17-8-6-16(7-9-17)20-15-22(30-26(29-20)36-5-2)28-12-13-31-23(32)14-18-21(34-3)11-10-19(27)24(18)31/h6-11,15H,4-5,12-14H2,1-3H3,(H,28,29,30). The zero-order chi connectivity index (χ0) is 25.7. The second-order valence-corrected chi connectivity index (χ2v) is 7.88. The number of halogens is 1. The SMILES string of the molecule is CCOC(=O)c1ccc(-c2cc(NCCN3C(=O)Cc4c(OC)ccc(F)c43)nc(OCC)n2)cc1. The number of esters is 1. The van der Waals surface area contributed by atoms with E-state index in [1.165, 1.54) is 24.1 Å². The van der Waals surface area contributed by atoms with Crippen LogP contribution in [0.4, 0.5) is 15.9 Å². The van der Waals surface area contributed by atoms with Gasteiger partial charge in [0.05, 0.1) is 43.7 Å². The van der Waals surface area contributed by atoms with E-state index in [2.05, 4.69) is 15.3 Å². The fourth-order valence-corrected chi connectivity index (χ4v) is 4.00. The Balaban J connectivity index is 1.51. The number of benzene rings is 2. The molecule has 0 radical (unpaired) electrons. The highest BCUT2D eigenvalue weighted by Crippen LogP contribution is 2.37. The van der Waals surface area contributed by atoms with Gasteiger partial charge in [0.15, 0.2) is 0 Å². The van der Waals surface area contributed by atoms with Gasteiger partial charge in [0, 0.05) is 30.3 Å².